The highest BCUT2D eigenvalue weighted by atomic mass is 15.3. The highest BCUT2D eigenvalue weighted by Gasteiger charge is 2.28. The minimum atomic E-state index is 0.486. The van der Waals surface area contributed by atoms with Gasteiger partial charge in [0.2, 0.25) is 0 Å². The van der Waals surface area contributed by atoms with Gasteiger partial charge >= 0.3 is 0 Å². The summed E-state index contributed by atoms with van der Waals surface area (Å²) in [6, 6.07) is 0.486. The number of nitrogens with zero attached hydrogens (tertiary/aromatic N) is 4. The van der Waals surface area contributed by atoms with Crippen LogP contribution < -0.4 is 5.32 Å². The lowest BCUT2D eigenvalue weighted by Crippen LogP contribution is -2.23. The fraction of sp³-hybridized carbons (Fsp3) is 0.818. The molecule has 0 aromatic carbocycles. The first-order chi connectivity index (χ1) is 7.86. The Bertz CT molecular complexity index is 372. The van der Waals surface area contributed by atoms with Gasteiger partial charge in [0.05, 0.1) is 6.04 Å². The maximum atomic E-state index is 4.42. The van der Waals surface area contributed by atoms with Gasteiger partial charge in [-0.15, -0.1) is 10.2 Å². The van der Waals surface area contributed by atoms with Gasteiger partial charge in [0.15, 0.2) is 0 Å². The Kier molecular flexibility index (Phi) is 2.65. The van der Waals surface area contributed by atoms with Gasteiger partial charge in [0.25, 0.3) is 0 Å². The molecule has 2 aliphatic rings. The summed E-state index contributed by atoms with van der Waals surface area (Å²) in [5.74, 6) is 2.33. The average Bonchev–Trinajstić information content (AvgIpc) is 2.78. The molecule has 0 saturated carbocycles. The van der Waals surface area contributed by atoms with E-state index in [1.165, 1.54) is 25.2 Å². The van der Waals surface area contributed by atoms with Gasteiger partial charge in [-0.3, -0.25) is 4.90 Å². The van der Waals surface area contributed by atoms with Crippen LogP contribution in [0.1, 0.15) is 30.5 Å². The monoisotopic (exact) mass is 221 g/mol. The van der Waals surface area contributed by atoms with Gasteiger partial charge in [-0.25, -0.2) is 0 Å². The highest BCUT2D eigenvalue weighted by Crippen LogP contribution is 2.29. The van der Waals surface area contributed by atoms with E-state index in [-0.39, 0.29) is 0 Å². The highest BCUT2D eigenvalue weighted by molar-refractivity contribution is 5.05. The second-order valence-corrected chi connectivity index (χ2v) is 4.76. The van der Waals surface area contributed by atoms with E-state index in [4.69, 9.17) is 0 Å². The van der Waals surface area contributed by atoms with Gasteiger partial charge < -0.3 is 9.88 Å². The van der Waals surface area contributed by atoms with Crippen molar-refractivity contribution in [3.05, 3.63) is 11.6 Å². The molecule has 1 atom stereocenters. The minimum Gasteiger partial charge on any atom is -0.315 e. The van der Waals surface area contributed by atoms with Crippen LogP contribution in [0.4, 0.5) is 0 Å². The molecular weight excluding hydrogens is 202 g/mol. The molecule has 88 valence electrons. The van der Waals surface area contributed by atoms with Gasteiger partial charge in [-0.2, -0.15) is 0 Å². The van der Waals surface area contributed by atoms with Crippen molar-refractivity contribution in [2.45, 2.75) is 31.8 Å². The third kappa shape index (κ3) is 1.64. The first-order valence-corrected chi connectivity index (χ1v) is 6.19. The summed E-state index contributed by atoms with van der Waals surface area (Å²) >= 11 is 0. The molecule has 3 heterocycles. The van der Waals surface area contributed by atoms with Crippen molar-refractivity contribution < 1.29 is 0 Å². The van der Waals surface area contributed by atoms with Crippen LogP contribution >= 0.6 is 0 Å². The fourth-order valence-electron chi connectivity index (χ4n) is 2.78. The van der Waals surface area contributed by atoms with Crippen LogP contribution in [0, 0.1) is 0 Å². The zero-order valence-electron chi connectivity index (χ0n) is 9.82. The van der Waals surface area contributed by atoms with E-state index in [9.17, 15) is 0 Å². The van der Waals surface area contributed by atoms with Gasteiger partial charge in [0.1, 0.15) is 11.6 Å². The van der Waals surface area contributed by atoms with E-state index in [0.717, 1.165) is 31.9 Å². The number of nitrogens with one attached hydrogen (secondary N) is 1. The van der Waals surface area contributed by atoms with Crippen molar-refractivity contribution in [1.29, 1.82) is 0 Å². The molecule has 5 nitrogen and oxygen atoms in total. The third-order valence-electron chi connectivity index (χ3n) is 3.71. The van der Waals surface area contributed by atoms with Gasteiger partial charge in [-0.1, -0.05) is 0 Å². The molecule has 1 unspecified atom stereocenters. The van der Waals surface area contributed by atoms with E-state index in [1.54, 1.807) is 0 Å². The standard InChI is InChI=1S/C11H19N5/c1-15-7-2-3-9(15)11-14-13-10-4-5-12-6-8-16(10)11/h9,12H,2-8H2,1H3. The minimum absolute atomic E-state index is 0.486. The lowest BCUT2D eigenvalue weighted by Gasteiger charge is -2.19. The molecule has 1 fully saturated rings. The molecular formula is C11H19N5. The summed E-state index contributed by atoms with van der Waals surface area (Å²) in [4.78, 5) is 2.40. The molecule has 1 N–H and O–H groups in total. The molecule has 0 aliphatic carbocycles. The first kappa shape index (κ1) is 10.2. The number of hydrogen-bond acceptors (Lipinski definition) is 4. The van der Waals surface area contributed by atoms with Crippen LogP contribution in [-0.4, -0.2) is 46.3 Å². The van der Waals surface area contributed by atoms with Crippen LogP contribution in [-0.2, 0) is 13.0 Å². The Labute approximate surface area is 95.8 Å². The van der Waals surface area contributed by atoms with Crippen molar-refractivity contribution in [1.82, 2.24) is 25.0 Å². The zero-order valence-corrected chi connectivity index (χ0v) is 9.82. The molecule has 0 radical (unpaired) electrons. The molecule has 0 bridgehead atoms. The van der Waals surface area contributed by atoms with Crippen molar-refractivity contribution in [3.63, 3.8) is 0 Å². The Morgan fingerprint density at radius 3 is 3.00 bits per heavy atom. The van der Waals surface area contributed by atoms with E-state index in [2.05, 4.69) is 32.0 Å². The summed E-state index contributed by atoms with van der Waals surface area (Å²) in [5.41, 5.74) is 0. The van der Waals surface area contributed by atoms with E-state index < -0.39 is 0 Å². The van der Waals surface area contributed by atoms with Crippen LogP contribution in [0.15, 0.2) is 0 Å². The zero-order chi connectivity index (χ0) is 11.0. The summed E-state index contributed by atoms with van der Waals surface area (Å²) in [6.07, 6.45) is 3.51. The molecule has 0 spiro atoms. The maximum absolute atomic E-state index is 4.42. The molecule has 1 aromatic rings. The summed E-state index contributed by atoms with van der Waals surface area (Å²) in [6.45, 7) is 4.26. The Balaban J connectivity index is 1.92. The topological polar surface area (TPSA) is 46.0 Å². The lowest BCUT2D eigenvalue weighted by atomic mass is 10.2. The molecule has 1 saturated heterocycles. The summed E-state index contributed by atoms with van der Waals surface area (Å²) in [5, 5.41) is 12.2. The number of rotatable bonds is 1. The van der Waals surface area contributed by atoms with Crippen molar-refractivity contribution in [2.24, 2.45) is 0 Å². The van der Waals surface area contributed by atoms with E-state index in [1.807, 2.05) is 0 Å². The third-order valence-corrected chi connectivity index (χ3v) is 3.71. The van der Waals surface area contributed by atoms with Crippen molar-refractivity contribution in [2.75, 3.05) is 26.7 Å². The van der Waals surface area contributed by atoms with E-state index in [0.29, 0.717) is 6.04 Å². The summed E-state index contributed by atoms with van der Waals surface area (Å²) < 4.78 is 2.33. The SMILES string of the molecule is CN1CCCC1c1nnc2n1CCNCC2. The molecule has 5 heteroatoms. The molecule has 3 rings (SSSR count). The van der Waals surface area contributed by atoms with Crippen LogP contribution in [0.2, 0.25) is 0 Å². The fourth-order valence-corrected chi connectivity index (χ4v) is 2.78. The smallest absolute Gasteiger partial charge is 0.150 e. The normalized spacial score (nSPS) is 26.7. The summed E-state index contributed by atoms with van der Waals surface area (Å²) in [7, 11) is 2.19. The quantitative estimate of drug-likeness (QED) is 0.735. The number of likely N-dealkylation sites (tertiary alicyclic amines) is 1. The second kappa shape index (κ2) is 4.14. The second-order valence-electron chi connectivity index (χ2n) is 4.76. The average molecular weight is 221 g/mol. The van der Waals surface area contributed by atoms with E-state index >= 15 is 0 Å². The molecule has 0 amide bonds. The predicted molar refractivity (Wildman–Crippen MR) is 61.2 cm³/mol. The van der Waals surface area contributed by atoms with Gasteiger partial charge in [0, 0.05) is 26.1 Å². The first-order valence-electron chi connectivity index (χ1n) is 6.19. The number of fused-ring (bicyclic) bond motifs is 1. The van der Waals surface area contributed by atoms with Crippen LogP contribution in [0.3, 0.4) is 0 Å². The van der Waals surface area contributed by atoms with Crippen LogP contribution in [0.5, 0.6) is 0 Å². The molecule has 1 aromatic heterocycles. The van der Waals surface area contributed by atoms with Gasteiger partial charge in [-0.05, 0) is 26.4 Å². The molecule has 16 heavy (non-hydrogen) atoms. The van der Waals surface area contributed by atoms with Crippen LogP contribution in [0.25, 0.3) is 0 Å². The Hall–Kier alpha value is -0.940. The molecule has 2 aliphatic heterocycles. The maximum Gasteiger partial charge on any atom is 0.150 e. The van der Waals surface area contributed by atoms with Crippen molar-refractivity contribution >= 4 is 0 Å². The number of aromatic nitrogens is 3. The lowest BCUT2D eigenvalue weighted by molar-refractivity contribution is 0.297. The Morgan fingerprint density at radius 1 is 1.25 bits per heavy atom. The largest absolute Gasteiger partial charge is 0.315 e. The van der Waals surface area contributed by atoms with Crippen molar-refractivity contribution in [3.8, 4) is 0 Å². The Morgan fingerprint density at radius 2 is 2.19 bits per heavy atom. The predicted octanol–water partition coefficient (Wildman–Crippen LogP) is 0.190. The number of hydrogen-bond donors (Lipinski definition) is 1.